The Labute approximate surface area is 181 Å². The van der Waals surface area contributed by atoms with Crippen LogP contribution in [-0.2, 0) is 13.2 Å². The van der Waals surface area contributed by atoms with E-state index in [-0.39, 0.29) is 30.4 Å². The summed E-state index contributed by atoms with van der Waals surface area (Å²) in [5.74, 6) is 0.114. The third kappa shape index (κ3) is 4.98. The molecule has 0 spiro atoms. The van der Waals surface area contributed by atoms with Crippen LogP contribution in [0.15, 0.2) is 77.5 Å². The van der Waals surface area contributed by atoms with Gasteiger partial charge in [0.2, 0.25) is 0 Å². The van der Waals surface area contributed by atoms with Crippen LogP contribution in [0.3, 0.4) is 0 Å². The van der Waals surface area contributed by atoms with Crippen molar-refractivity contribution in [3.63, 3.8) is 0 Å². The number of benzene rings is 2. The second-order valence-electron chi connectivity index (χ2n) is 6.78. The Morgan fingerprint density at radius 2 is 1.94 bits per heavy atom. The van der Waals surface area contributed by atoms with Crippen molar-refractivity contribution in [2.45, 2.75) is 13.2 Å². The first-order valence-corrected chi connectivity index (χ1v) is 9.51. The van der Waals surface area contributed by atoms with Gasteiger partial charge in [-0.05, 0) is 30.3 Å². The van der Waals surface area contributed by atoms with Crippen molar-refractivity contribution in [1.29, 1.82) is 0 Å². The monoisotopic (exact) mass is 436 g/mol. The summed E-state index contributed by atoms with van der Waals surface area (Å²) in [6.07, 6.45) is 3.05. The molecular weight excluding hydrogens is 419 g/mol. The summed E-state index contributed by atoms with van der Waals surface area (Å²) in [7, 11) is 0. The first-order chi connectivity index (χ1) is 15.5. The van der Waals surface area contributed by atoms with Crippen LogP contribution in [0.1, 0.15) is 21.9 Å². The highest BCUT2D eigenvalue weighted by molar-refractivity contribution is 6.02. The quantitative estimate of drug-likeness (QED) is 0.324. The number of nitrogens with one attached hydrogen (secondary N) is 1. The standard InChI is InChI=1S/C22H17FN4O5/c23-20-4-2-1-3-15(20)12-26-13-16(11-24-26)25-22(28)21-10-9-19(32-21)14-31-18-7-5-17(6-8-18)27(29)30/h1-11,13H,12,14H2,(H,25,28). The number of halogens is 1. The second kappa shape index (κ2) is 9.13. The zero-order valence-corrected chi connectivity index (χ0v) is 16.6. The maximum absolute atomic E-state index is 13.8. The summed E-state index contributed by atoms with van der Waals surface area (Å²) in [4.78, 5) is 22.6. The lowest BCUT2D eigenvalue weighted by Gasteiger charge is -2.04. The fourth-order valence-electron chi connectivity index (χ4n) is 2.90. The minimum absolute atomic E-state index is 0.0356. The number of non-ortho nitro benzene ring substituents is 1. The average Bonchev–Trinajstić information content (AvgIpc) is 3.44. The Hall–Kier alpha value is -4.47. The Morgan fingerprint density at radius 3 is 2.69 bits per heavy atom. The first-order valence-electron chi connectivity index (χ1n) is 9.51. The number of nitrogens with zero attached hydrogens (tertiary/aromatic N) is 3. The van der Waals surface area contributed by atoms with Crippen molar-refractivity contribution in [1.82, 2.24) is 9.78 Å². The number of nitro groups is 1. The number of hydrogen-bond donors (Lipinski definition) is 1. The van der Waals surface area contributed by atoms with E-state index in [1.807, 2.05) is 0 Å². The van der Waals surface area contributed by atoms with Gasteiger partial charge in [-0.25, -0.2) is 4.39 Å². The Morgan fingerprint density at radius 1 is 1.16 bits per heavy atom. The zero-order chi connectivity index (χ0) is 22.5. The van der Waals surface area contributed by atoms with E-state index >= 15 is 0 Å². The molecule has 4 rings (SSSR count). The van der Waals surface area contributed by atoms with Gasteiger partial charge in [-0.3, -0.25) is 19.6 Å². The second-order valence-corrected chi connectivity index (χ2v) is 6.78. The molecule has 0 saturated heterocycles. The van der Waals surface area contributed by atoms with Crippen LogP contribution in [0.4, 0.5) is 15.8 Å². The van der Waals surface area contributed by atoms with Crippen molar-refractivity contribution in [3.05, 3.63) is 106 Å². The number of furan rings is 1. The van der Waals surface area contributed by atoms with Crippen LogP contribution in [-0.4, -0.2) is 20.6 Å². The topological polar surface area (TPSA) is 112 Å². The molecule has 162 valence electrons. The molecule has 2 heterocycles. The predicted octanol–water partition coefficient (Wildman–Crippen LogP) is 4.40. The van der Waals surface area contributed by atoms with Crippen molar-refractivity contribution in [3.8, 4) is 5.75 Å². The SMILES string of the molecule is O=C(Nc1cnn(Cc2ccccc2F)c1)c1ccc(COc2ccc([N+](=O)[O-])cc2)o1. The van der Waals surface area contributed by atoms with Crippen molar-refractivity contribution in [2.24, 2.45) is 0 Å². The summed E-state index contributed by atoms with van der Waals surface area (Å²) in [5.41, 5.74) is 0.884. The molecule has 0 aliphatic carbocycles. The summed E-state index contributed by atoms with van der Waals surface area (Å²) < 4.78 is 26.3. The summed E-state index contributed by atoms with van der Waals surface area (Å²) in [5, 5.41) is 17.5. The molecule has 4 aromatic rings. The zero-order valence-electron chi connectivity index (χ0n) is 16.6. The minimum atomic E-state index is -0.495. The third-order valence-corrected chi connectivity index (χ3v) is 4.50. The molecule has 32 heavy (non-hydrogen) atoms. The Kier molecular flexibility index (Phi) is 5.93. The molecule has 2 aromatic heterocycles. The lowest BCUT2D eigenvalue weighted by Crippen LogP contribution is -2.10. The van der Waals surface area contributed by atoms with Gasteiger partial charge in [0.15, 0.2) is 5.76 Å². The van der Waals surface area contributed by atoms with E-state index in [9.17, 15) is 19.3 Å². The largest absolute Gasteiger partial charge is 0.486 e. The summed E-state index contributed by atoms with van der Waals surface area (Å²) in [6.45, 7) is 0.277. The highest BCUT2D eigenvalue weighted by Gasteiger charge is 2.14. The molecule has 2 aromatic carbocycles. The Bertz CT molecular complexity index is 1250. The van der Waals surface area contributed by atoms with Crippen molar-refractivity contribution < 1.29 is 23.3 Å². The molecule has 0 atom stereocenters. The van der Waals surface area contributed by atoms with Gasteiger partial charge in [-0.15, -0.1) is 0 Å². The molecule has 9 nitrogen and oxygen atoms in total. The fraction of sp³-hybridized carbons (Fsp3) is 0.0909. The van der Waals surface area contributed by atoms with E-state index in [1.165, 1.54) is 47.3 Å². The van der Waals surface area contributed by atoms with Gasteiger partial charge in [-0.1, -0.05) is 18.2 Å². The first kappa shape index (κ1) is 20.8. The normalized spacial score (nSPS) is 10.7. The Balaban J connectivity index is 1.32. The maximum Gasteiger partial charge on any atom is 0.291 e. The van der Waals surface area contributed by atoms with Crippen LogP contribution in [0.5, 0.6) is 5.75 Å². The van der Waals surface area contributed by atoms with Crippen molar-refractivity contribution in [2.75, 3.05) is 5.32 Å². The van der Waals surface area contributed by atoms with Gasteiger partial charge >= 0.3 is 0 Å². The minimum Gasteiger partial charge on any atom is -0.486 e. The summed E-state index contributed by atoms with van der Waals surface area (Å²) in [6, 6.07) is 15.1. The number of carbonyl (C=O) groups is 1. The number of amides is 1. The number of nitro benzene ring substituents is 1. The van der Waals surface area contributed by atoms with E-state index < -0.39 is 10.8 Å². The molecular formula is C22H17FN4O5. The smallest absolute Gasteiger partial charge is 0.291 e. The van der Waals surface area contributed by atoms with Gasteiger partial charge in [-0.2, -0.15) is 5.10 Å². The van der Waals surface area contributed by atoms with Crippen LogP contribution < -0.4 is 10.1 Å². The number of aromatic nitrogens is 2. The summed E-state index contributed by atoms with van der Waals surface area (Å²) >= 11 is 0. The molecule has 0 bridgehead atoms. The van der Waals surface area contributed by atoms with E-state index in [1.54, 1.807) is 30.5 Å². The highest BCUT2D eigenvalue weighted by atomic mass is 19.1. The maximum atomic E-state index is 13.8. The molecule has 10 heteroatoms. The molecule has 1 amide bonds. The highest BCUT2D eigenvalue weighted by Crippen LogP contribution is 2.19. The fourth-order valence-corrected chi connectivity index (χ4v) is 2.90. The van der Waals surface area contributed by atoms with Gasteiger partial charge < -0.3 is 14.5 Å². The van der Waals surface area contributed by atoms with E-state index in [0.29, 0.717) is 22.8 Å². The third-order valence-electron chi connectivity index (χ3n) is 4.50. The number of carbonyl (C=O) groups excluding carboxylic acids is 1. The molecule has 0 aliphatic rings. The van der Waals surface area contributed by atoms with Gasteiger partial charge in [0.25, 0.3) is 11.6 Å². The number of ether oxygens (including phenoxy) is 1. The van der Waals surface area contributed by atoms with Crippen LogP contribution in [0.25, 0.3) is 0 Å². The lowest BCUT2D eigenvalue weighted by atomic mass is 10.2. The van der Waals surface area contributed by atoms with Crippen LogP contribution in [0.2, 0.25) is 0 Å². The lowest BCUT2D eigenvalue weighted by molar-refractivity contribution is -0.384. The van der Waals surface area contributed by atoms with E-state index in [4.69, 9.17) is 9.15 Å². The van der Waals surface area contributed by atoms with E-state index in [2.05, 4.69) is 10.4 Å². The van der Waals surface area contributed by atoms with Crippen LogP contribution >= 0.6 is 0 Å². The molecule has 0 aliphatic heterocycles. The van der Waals surface area contributed by atoms with Crippen molar-refractivity contribution >= 4 is 17.3 Å². The molecule has 0 fully saturated rings. The predicted molar refractivity (Wildman–Crippen MR) is 112 cm³/mol. The van der Waals surface area contributed by atoms with Crippen LogP contribution in [0, 0.1) is 15.9 Å². The van der Waals surface area contributed by atoms with E-state index in [0.717, 1.165) is 0 Å². The van der Waals surface area contributed by atoms with Gasteiger partial charge in [0.05, 0.1) is 23.4 Å². The molecule has 0 unspecified atom stereocenters. The number of hydrogen-bond acceptors (Lipinski definition) is 6. The van der Waals surface area contributed by atoms with Gasteiger partial charge in [0.1, 0.15) is 23.9 Å². The van der Waals surface area contributed by atoms with Gasteiger partial charge in [0, 0.05) is 23.9 Å². The number of anilines is 1. The number of rotatable bonds is 8. The molecule has 0 radical (unpaired) electrons. The molecule has 0 saturated carbocycles. The molecule has 1 N–H and O–H groups in total. The average molecular weight is 436 g/mol.